The summed E-state index contributed by atoms with van der Waals surface area (Å²) in [4.78, 5) is 51.6. The summed E-state index contributed by atoms with van der Waals surface area (Å²) in [6.07, 6.45) is 4.34. The van der Waals surface area contributed by atoms with Gasteiger partial charge in [0, 0.05) is 24.6 Å². The summed E-state index contributed by atoms with van der Waals surface area (Å²) in [6.45, 7) is 5.07. The van der Waals surface area contributed by atoms with Gasteiger partial charge in [-0.05, 0) is 38.8 Å². The molecule has 2 aromatic rings. The predicted octanol–water partition coefficient (Wildman–Crippen LogP) is 2.33. The SMILES string of the molecule is C#CN(C(=O)C(CCC(N)=O)NC(=O)OC(C)(C)C)C(C(=O)NCc1ccccc1)c1ccccc1O. The van der Waals surface area contributed by atoms with Gasteiger partial charge in [0.25, 0.3) is 5.91 Å². The second kappa shape index (κ2) is 13.0. The third-order valence-electron chi connectivity index (χ3n) is 5.09. The molecule has 0 aromatic heterocycles. The molecular weight excluding hydrogens is 476 g/mol. The van der Waals surface area contributed by atoms with E-state index >= 15 is 0 Å². The molecule has 0 saturated carbocycles. The number of benzene rings is 2. The van der Waals surface area contributed by atoms with Gasteiger partial charge in [-0.3, -0.25) is 19.3 Å². The molecule has 0 aliphatic heterocycles. The molecule has 2 unspecified atom stereocenters. The number of terminal acetylenes is 1. The first-order valence-corrected chi connectivity index (χ1v) is 11.6. The number of nitrogens with zero attached hydrogens (tertiary/aromatic N) is 1. The molecule has 0 aliphatic carbocycles. The van der Waals surface area contributed by atoms with Crippen LogP contribution in [-0.2, 0) is 25.7 Å². The molecule has 37 heavy (non-hydrogen) atoms. The Bertz CT molecular complexity index is 1150. The molecule has 0 aliphatic rings. The van der Waals surface area contributed by atoms with Gasteiger partial charge in [0.1, 0.15) is 17.4 Å². The Kier molecular flexibility index (Phi) is 10.1. The van der Waals surface area contributed by atoms with E-state index in [1.165, 1.54) is 12.1 Å². The maximum Gasteiger partial charge on any atom is 0.408 e. The number of carbonyl (C=O) groups excluding carboxylic acids is 4. The van der Waals surface area contributed by atoms with Crippen LogP contribution in [0.4, 0.5) is 4.79 Å². The van der Waals surface area contributed by atoms with E-state index in [-0.39, 0.29) is 30.7 Å². The van der Waals surface area contributed by atoms with Crippen molar-refractivity contribution in [3.63, 3.8) is 0 Å². The van der Waals surface area contributed by atoms with Crippen molar-refractivity contribution < 1.29 is 29.0 Å². The molecule has 5 N–H and O–H groups in total. The Labute approximate surface area is 216 Å². The van der Waals surface area contributed by atoms with Crippen LogP contribution in [0, 0.1) is 12.5 Å². The molecule has 0 fully saturated rings. The molecule has 10 nitrogen and oxygen atoms in total. The van der Waals surface area contributed by atoms with E-state index in [0.717, 1.165) is 10.5 Å². The standard InChI is InChI=1S/C27H32N4O6/c1-5-31(25(35)20(15-16-22(28)33)30-26(36)37-27(2,3)4)23(19-13-9-10-14-21(19)32)24(34)29-17-18-11-7-6-8-12-18/h1,6-14,20,23,32H,15-17H2,2-4H3,(H2,28,33)(H,29,34)(H,30,36). The number of nitrogens with two attached hydrogens (primary N) is 1. The van der Waals surface area contributed by atoms with Gasteiger partial charge in [0.2, 0.25) is 11.8 Å². The van der Waals surface area contributed by atoms with Crippen molar-refractivity contribution in [3.8, 4) is 18.2 Å². The van der Waals surface area contributed by atoms with Crippen LogP contribution < -0.4 is 16.4 Å². The van der Waals surface area contributed by atoms with Crippen molar-refractivity contribution in [2.75, 3.05) is 0 Å². The molecule has 196 valence electrons. The van der Waals surface area contributed by atoms with Crippen LogP contribution >= 0.6 is 0 Å². The minimum absolute atomic E-state index is 0.0743. The number of aromatic hydroxyl groups is 1. The zero-order valence-corrected chi connectivity index (χ0v) is 21.1. The number of para-hydroxylation sites is 1. The van der Waals surface area contributed by atoms with Crippen molar-refractivity contribution in [3.05, 3.63) is 65.7 Å². The smallest absolute Gasteiger partial charge is 0.408 e. The number of rotatable bonds is 10. The van der Waals surface area contributed by atoms with E-state index < -0.39 is 41.5 Å². The lowest BCUT2D eigenvalue weighted by Gasteiger charge is -2.30. The zero-order valence-electron chi connectivity index (χ0n) is 21.1. The van der Waals surface area contributed by atoms with Gasteiger partial charge in [-0.1, -0.05) is 55.0 Å². The van der Waals surface area contributed by atoms with Crippen molar-refractivity contribution in [1.82, 2.24) is 15.5 Å². The number of alkyl carbamates (subject to hydrolysis) is 1. The molecule has 10 heteroatoms. The monoisotopic (exact) mass is 508 g/mol. The Balaban J connectivity index is 2.40. The highest BCUT2D eigenvalue weighted by Gasteiger charge is 2.37. The van der Waals surface area contributed by atoms with Crippen LogP contribution in [0.1, 0.15) is 50.8 Å². The Morgan fingerprint density at radius 3 is 2.27 bits per heavy atom. The third kappa shape index (κ3) is 8.89. The van der Waals surface area contributed by atoms with E-state index in [2.05, 4.69) is 16.7 Å². The van der Waals surface area contributed by atoms with Crippen LogP contribution in [0.5, 0.6) is 5.75 Å². The Morgan fingerprint density at radius 1 is 1.08 bits per heavy atom. The molecule has 0 saturated heterocycles. The summed E-state index contributed by atoms with van der Waals surface area (Å²) >= 11 is 0. The van der Waals surface area contributed by atoms with E-state index in [4.69, 9.17) is 16.9 Å². The maximum atomic E-state index is 13.6. The largest absolute Gasteiger partial charge is 0.508 e. The van der Waals surface area contributed by atoms with Crippen LogP contribution in [0.15, 0.2) is 54.6 Å². The molecule has 0 spiro atoms. The lowest BCUT2D eigenvalue weighted by atomic mass is 10.0. The summed E-state index contributed by atoms with van der Waals surface area (Å²) < 4.78 is 5.23. The topological polar surface area (TPSA) is 151 Å². The van der Waals surface area contributed by atoms with Crippen LogP contribution in [0.2, 0.25) is 0 Å². The number of ether oxygens (including phenoxy) is 1. The second-order valence-corrected chi connectivity index (χ2v) is 9.21. The number of primary amides is 1. The summed E-state index contributed by atoms with van der Waals surface area (Å²) in [5.74, 6) is -2.49. The van der Waals surface area contributed by atoms with Crippen molar-refractivity contribution >= 4 is 23.8 Å². The van der Waals surface area contributed by atoms with Gasteiger partial charge >= 0.3 is 6.09 Å². The average molecular weight is 509 g/mol. The van der Waals surface area contributed by atoms with Gasteiger partial charge in [0.05, 0.1) is 0 Å². The van der Waals surface area contributed by atoms with Gasteiger partial charge < -0.3 is 26.2 Å². The summed E-state index contributed by atoms with van der Waals surface area (Å²) in [7, 11) is 0. The number of hydrogen-bond donors (Lipinski definition) is 4. The van der Waals surface area contributed by atoms with Gasteiger partial charge in [-0.25, -0.2) is 4.79 Å². The third-order valence-corrected chi connectivity index (χ3v) is 5.09. The van der Waals surface area contributed by atoms with Crippen molar-refractivity contribution in [2.45, 2.75) is 57.8 Å². The number of carbonyl (C=O) groups is 4. The minimum atomic E-state index is -1.45. The Hall–Kier alpha value is -4.52. The zero-order chi connectivity index (χ0) is 27.6. The average Bonchev–Trinajstić information content (AvgIpc) is 2.83. The molecule has 2 aromatic carbocycles. The Morgan fingerprint density at radius 2 is 1.70 bits per heavy atom. The molecule has 0 heterocycles. The number of phenols is 1. The molecular formula is C27H32N4O6. The van der Waals surface area contributed by atoms with E-state index in [1.807, 2.05) is 30.3 Å². The fourth-order valence-corrected chi connectivity index (χ4v) is 3.43. The van der Waals surface area contributed by atoms with E-state index in [1.54, 1.807) is 32.9 Å². The summed E-state index contributed by atoms with van der Waals surface area (Å²) in [5.41, 5.74) is 5.27. The highest BCUT2D eigenvalue weighted by molar-refractivity contribution is 5.94. The highest BCUT2D eigenvalue weighted by Crippen LogP contribution is 2.29. The highest BCUT2D eigenvalue weighted by atomic mass is 16.6. The molecule has 4 amide bonds. The summed E-state index contributed by atoms with van der Waals surface area (Å²) in [5, 5.41) is 15.6. The molecule has 2 atom stereocenters. The predicted molar refractivity (Wildman–Crippen MR) is 136 cm³/mol. The van der Waals surface area contributed by atoms with Gasteiger partial charge in [0.15, 0.2) is 6.04 Å². The lowest BCUT2D eigenvalue weighted by molar-refractivity contribution is -0.139. The quantitative estimate of drug-likeness (QED) is 0.286. The minimum Gasteiger partial charge on any atom is -0.508 e. The summed E-state index contributed by atoms with van der Waals surface area (Å²) in [6, 6.07) is 14.4. The molecule has 0 bridgehead atoms. The van der Waals surface area contributed by atoms with Crippen molar-refractivity contribution in [2.24, 2.45) is 5.73 Å². The lowest BCUT2D eigenvalue weighted by Crippen LogP contribution is -2.51. The van der Waals surface area contributed by atoms with Crippen LogP contribution in [0.3, 0.4) is 0 Å². The first-order valence-electron chi connectivity index (χ1n) is 11.6. The molecule has 0 radical (unpaired) electrons. The fourth-order valence-electron chi connectivity index (χ4n) is 3.43. The van der Waals surface area contributed by atoms with Crippen LogP contribution in [0.25, 0.3) is 0 Å². The van der Waals surface area contributed by atoms with E-state index in [0.29, 0.717) is 0 Å². The normalized spacial score (nSPS) is 12.4. The number of phenolic OH excluding ortho intramolecular Hbond substituents is 1. The van der Waals surface area contributed by atoms with E-state index in [9.17, 15) is 24.3 Å². The maximum absolute atomic E-state index is 13.6. The molecule has 2 rings (SSSR count). The first kappa shape index (κ1) is 28.7. The number of amides is 4. The second-order valence-electron chi connectivity index (χ2n) is 9.21. The van der Waals surface area contributed by atoms with Crippen LogP contribution in [-0.4, -0.2) is 45.5 Å². The number of nitrogens with one attached hydrogen (secondary N) is 2. The van der Waals surface area contributed by atoms with Gasteiger partial charge in [-0.15, -0.1) is 0 Å². The van der Waals surface area contributed by atoms with Crippen molar-refractivity contribution in [1.29, 1.82) is 0 Å². The number of hydrogen-bond acceptors (Lipinski definition) is 6. The fraction of sp³-hybridized carbons (Fsp3) is 0.333. The van der Waals surface area contributed by atoms with Gasteiger partial charge in [-0.2, -0.15) is 0 Å². The first-order chi connectivity index (χ1) is 17.4.